The molecular formula is C10H20N2. The molecule has 0 bridgehead atoms. The van der Waals surface area contributed by atoms with E-state index in [0.29, 0.717) is 6.17 Å². The molecule has 70 valence electrons. The summed E-state index contributed by atoms with van der Waals surface area (Å²) in [7, 11) is 0. The summed E-state index contributed by atoms with van der Waals surface area (Å²) in [6.45, 7) is 2.34. The second kappa shape index (κ2) is 4.24. The van der Waals surface area contributed by atoms with Gasteiger partial charge < -0.3 is 10.6 Å². The van der Waals surface area contributed by atoms with Gasteiger partial charge in [0, 0.05) is 13.1 Å². The Bertz CT molecular complexity index is 122. The molecule has 1 aliphatic carbocycles. The second-order valence-corrected chi connectivity index (χ2v) is 4.14. The van der Waals surface area contributed by atoms with Gasteiger partial charge in [-0.3, -0.25) is 0 Å². The van der Waals surface area contributed by atoms with E-state index in [4.69, 9.17) is 0 Å². The van der Waals surface area contributed by atoms with Crippen molar-refractivity contribution >= 4 is 0 Å². The Hall–Kier alpha value is -0.0800. The van der Waals surface area contributed by atoms with Crippen LogP contribution in [0.3, 0.4) is 0 Å². The monoisotopic (exact) mass is 168 g/mol. The van der Waals surface area contributed by atoms with E-state index in [0.717, 1.165) is 5.92 Å². The lowest BCUT2D eigenvalue weighted by atomic mass is 9.97. The minimum absolute atomic E-state index is 0.642. The van der Waals surface area contributed by atoms with E-state index in [2.05, 4.69) is 10.6 Å². The van der Waals surface area contributed by atoms with E-state index in [-0.39, 0.29) is 0 Å². The van der Waals surface area contributed by atoms with Crippen molar-refractivity contribution in [3.8, 4) is 0 Å². The number of nitrogens with one attached hydrogen (secondary N) is 2. The quantitative estimate of drug-likeness (QED) is 0.579. The molecule has 0 spiro atoms. The molecular weight excluding hydrogens is 148 g/mol. The molecule has 2 rings (SSSR count). The van der Waals surface area contributed by atoms with Crippen LogP contribution in [0.1, 0.15) is 38.5 Å². The van der Waals surface area contributed by atoms with Crippen molar-refractivity contribution in [1.82, 2.24) is 10.6 Å². The van der Waals surface area contributed by atoms with Gasteiger partial charge >= 0.3 is 0 Å². The Morgan fingerprint density at radius 2 is 1.33 bits per heavy atom. The zero-order chi connectivity index (χ0) is 8.23. The van der Waals surface area contributed by atoms with Crippen LogP contribution in [0.4, 0.5) is 0 Å². The predicted molar refractivity (Wildman–Crippen MR) is 51.0 cm³/mol. The molecule has 0 aromatic carbocycles. The molecule has 0 radical (unpaired) electrons. The summed E-state index contributed by atoms with van der Waals surface area (Å²) in [5, 5.41) is 7.09. The highest BCUT2D eigenvalue weighted by molar-refractivity contribution is 4.81. The van der Waals surface area contributed by atoms with Gasteiger partial charge in [0.1, 0.15) is 0 Å². The Morgan fingerprint density at radius 3 is 1.92 bits per heavy atom. The minimum atomic E-state index is 0.642. The second-order valence-electron chi connectivity index (χ2n) is 4.14. The zero-order valence-corrected chi connectivity index (χ0v) is 7.81. The van der Waals surface area contributed by atoms with Crippen molar-refractivity contribution in [2.75, 3.05) is 13.1 Å². The molecule has 2 fully saturated rings. The molecule has 0 aromatic rings. The van der Waals surface area contributed by atoms with Crippen LogP contribution in [0.25, 0.3) is 0 Å². The predicted octanol–water partition coefficient (Wildman–Crippen LogP) is 1.48. The van der Waals surface area contributed by atoms with Crippen LogP contribution >= 0.6 is 0 Å². The van der Waals surface area contributed by atoms with E-state index in [1.54, 1.807) is 0 Å². The summed E-state index contributed by atoms with van der Waals surface area (Å²) in [5.41, 5.74) is 0. The summed E-state index contributed by atoms with van der Waals surface area (Å²) in [6.07, 6.45) is 9.33. The molecule has 1 heterocycles. The highest BCUT2D eigenvalue weighted by Crippen LogP contribution is 2.25. The van der Waals surface area contributed by atoms with Crippen LogP contribution in [0.2, 0.25) is 0 Å². The lowest BCUT2D eigenvalue weighted by Gasteiger charge is -2.21. The van der Waals surface area contributed by atoms with Crippen molar-refractivity contribution < 1.29 is 0 Å². The average molecular weight is 168 g/mol. The standard InChI is InChI=1S/C10H20N2/c1-2-4-6-9(5-3-1)10-11-7-8-12-10/h9-12H,1-8H2. The topological polar surface area (TPSA) is 24.1 Å². The first kappa shape index (κ1) is 8.52. The molecule has 12 heavy (non-hydrogen) atoms. The lowest BCUT2D eigenvalue weighted by molar-refractivity contribution is 0.325. The third kappa shape index (κ3) is 1.99. The zero-order valence-electron chi connectivity index (χ0n) is 7.81. The summed E-state index contributed by atoms with van der Waals surface area (Å²) >= 11 is 0. The van der Waals surface area contributed by atoms with E-state index in [1.807, 2.05) is 0 Å². The van der Waals surface area contributed by atoms with Crippen LogP contribution in [0.15, 0.2) is 0 Å². The van der Waals surface area contributed by atoms with Gasteiger partial charge in [0.05, 0.1) is 6.17 Å². The first-order chi connectivity index (χ1) is 5.97. The van der Waals surface area contributed by atoms with E-state index in [1.165, 1.54) is 51.6 Å². The molecule has 0 atom stereocenters. The smallest absolute Gasteiger partial charge is 0.0601 e. The fraction of sp³-hybridized carbons (Fsp3) is 1.00. The van der Waals surface area contributed by atoms with Crippen molar-refractivity contribution in [3.05, 3.63) is 0 Å². The number of rotatable bonds is 1. The largest absolute Gasteiger partial charge is 0.300 e. The van der Waals surface area contributed by atoms with Gasteiger partial charge in [-0.1, -0.05) is 25.7 Å². The normalized spacial score (nSPS) is 29.0. The Labute approximate surface area is 75.1 Å². The average Bonchev–Trinajstić information content (AvgIpc) is 2.48. The molecule has 2 N–H and O–H groups in total. The molecule has 0 unspecified atom stereocenters. The summed E-state index contributed by atoms with van der Waals surface area (Å²) in [4.78, 5) is 0. The van der Waals surface area contributed by atoms with Gasteiger partial charge in [-0.25, -0.2) is 0 Å². The maximum atomic E-state index is 3.54. The Balaban J connectivity index is 1.83. The van der Waals surface area contributed by atoms with Gasteiger partial charge in [0.15, 0.2) is 0 Å². The molecule has 1 saturated heterocycles. The highest BCUT2D eigenvalue weighted by Gasteiger charge is 2.24. The maximum Gasteiger partial charge on any atom is 0.0601 e. The van der Waals surface area contributed by atoms with Gasteiger partial charge in [-0.2, -0.15) is 0 Å². The fourth-order valence-electron chi connectivity index (χ4n) is 2.51. The van der Waals surface area contributed by atoms with Gasteiger partial charge in [-0.05, 0) is 18.8 Å². The molecule has 0 aromatic heterocycles. The SMILES string of the molecule is C1CCCC(C2NCCN2)CC1. The first-order valence-electron chi connectivity index (χ1n) is 5.43. The molecule has 0 amide bonds. The number of hydrogen-bond donors (Lipinski definition) is 2. The molecule has 2 nitrogen and oxygen atoms in total. The van der Waals surface area contributed by atoms with E-state index in [9.17, 15) is 0 Å². The molecule has 1 aliphatic heterocycles. The molecule has 2 heteroatoms. The van der Waals surface area contributed by atoms with Gasteiger partial charge in [0.2, 0.25) is 0 Å². The van der Waals surface area contributed by atoms with Crippen molar-refractivity contribution in [2.24, 2.45) is 5.92 Å². The third-order valence-electron chi connectivity index (χ3n) is 3.22. The van der Waals surface area contributed by atoms with Crippen molar-refractivity contribution in [1.29, 1.82) is 0 Å². The maximum absolute atomic E-state index is 3.54. The van der Waals surface area contributed by atoms with Crippen LogP contribution < -0.4 is 10.6 Å². The van der Waals surface area contributed by atoms with Gasteiger partial charge in [-0.15, -0.1) is 0 Å². The van der Waals surface area contributed by atoms with Crippen molar-refractivity contribution in [2.45, 2.75) is 44.7 Å². The Kier molecular flexibility index (Phi) is 3.01. The molecule has 2 aliphatic rings. The summed E-state index contributed by atoms with van der Waals surface area (Å²) < 4.78 is 0. The third-order valence-corrected chi connectivity index (χ3v) is 3.22. The highest BCUT2D eigenvalue weighted by atomic mass is 15.2. The van der Waals surface area contributed by atoms with Crippen molar-refractivity contribution in [3.63, 3.8) is 0 Å². The van der Waals surface area contributed by atoms with Crippen LogP contribution in [-0.2, 0) is 0 Å². The van der Waals surface area contributed by atoms with Crippen LogP contribution in [-0.4, -0.2) is 19.3 Å². The fourth-order valence-corrected chi connectivity index (χ4v) is 2.51. The van der Waals surface area contributed by atoms with E-state index >= 15 is 0 Å². The summed E-state index contributed by atoms with van der Waals surface area (Å²) in [5.74, 6) is 0.912. The van der Waals surface area contributed by atoms with Crippen LogP contribution in [0.5, 0.6) is 0 Å². The number of hydrogen-bond acceptors (Lipinski definition) is 2. The van der Waals surface area contributed by atoms with E-state index < -0.39 is 0 Å². The summed E-state index contributed by atoms with van der Waals surface area (Å²) in [6, 6.07) is 0. The lowest BCUT2D eigenvalue weighted by Crippen LogP contribution is -2.38. The van der Waals surface area contributed by atoms with Crippen LogP contribution in [0, 0.1) is 5.92 Å². The minimum Gasteiger partial charge on any atom is -0.300 e. The molecule has 1 saturated carbocycles. The first-order valence-corrected chi connectivity index (χ1v) is 5.43. The van der Waals surface area contributed by atoms with Gasteiger partial charge in [0.25, 0.3) is 0 Å². The Morgan fingerprint density at radius 1 is 0.750 bits per heavy atom.